The van der Waals surface area contributed by atoms with Crippen LogP contribution in [-0.2, 0) is 23.9 Å². The van der Waals surface area contributed by atoms with Crippen LogP contribution in [0.25, 0.3) is 0 Å². The van der Waals surface area contributed by atoms with Crippen LogP contribution < -0.4 is 10.5 Å². The number of ketones is 1. The standard InChI is InChI=1S/C23H25F3N4O2.C9H12O.C2H6/c1-14(31)19(27)17-12-30(21(32)18-5-4-10-28-18)13-22(2,3)20(17)29-11-15-6-8-16(9-7-15)23(24,25)26;1-3-8-4-6-9(10-2)7-5-8;1-2/h4-10,28H,11-13,27H2,1-3H3;4-7H,3H2,1-2H3;1-2H3/b19-17-,29-20?;;. The maximum atomic E-state index is 12.9. The minimum atomic E-state index is -4.41. The van der Waals surface area contributed by atoms with Gasteiger partial charge in [-0.2, -0.15) is 13.2 Å². The topological polar surface area (TPSA) is 101 Å². The number of nitrogens with zero attached hydrogens (tertiary/aromatic N) is 2. The number of nitrogens with two attached hydrogens (primary N) is 1. The number of aryl methyl sites for hydroxylation is 1. The highest BCUT2D eigenvalue weighted by Crippen LogP contribution is 2.33. The molecule has 0 unspecified atom stereocenters. The van der Waals surface area contributed by atoms with Gasteiger partial charge in [-0.05, 0) is 53.9 Å². The summed E-state index contributed by atoms with van der Waals surface area (Å²) >= 11 is 0. The second-order valence-corrected chi connectivity index (χ2v) is 10.6. The Bertz CT molecular complexity index is 1400. The number of halogens is 3. The molecule has 0 saturated carbocycles. The molecule has 10 heteroatoms. The number of rotatable bonds is 6. The molecule has 0 radical (unpaired) electrons. The fourth-order valence-corrected chi connectivity index (χ4v) is 4.62. The molecule has 0 atom stereocenters. The van der Waals surface area contributed by atoms with E-state index in [2.05, 4.69) is 29.0 Å². The molecular formula is C34H43F3N4O3. The number of aliphatic imine (C=N–C) groups is 1. The number of alkyl halides is 3. The van der Waals surface area contributed by atoms with Crippen LogP contribution in [0.1, 0.15) is 68.7 Å². The van der Waals surface area contributed by atoms with Crippen molar-refractivity contribution >= 4 is 17.4 Å². The summed E-state index contributed by atoms with van der Waals surface area (Å²) in [4.78, 5) is 34.1. The minimum absolute atomic E-state index is 0.0215. The van der Waals surface area contributed by atoms with E-state index < -0.39 is 17.2 Å². The van der Waals surface area contributed by atoms with E-state index >= 15 is 0 Å². The number of likely N-dealkylation sites (tertiary alicyclic amines) is 1. The number of aromatic amines is 1. The van der Waals surface area contributed by atoms with Crippen molar-refractivity contribution in [2.75, 3.05) is 20.2 Å². The number of Topliss-reactive ketones (excluding diaryl/α,β-unsaturated/α-hetero) is 1. The molecule has 3 N–H and O–H groups in total. The average Bonchev–Trinajstić information content (AvgIpc) is 3.55. The third-order valence-corrected chi connectivity index (χ3v) is 6.95. The van der Waals surface area contributed by atoms with E-state index in [1.54, 1.807) is 30.3 Å². The third-order valence-electron chi connectivity index (χ3n) is 6.95. The van der Waals surface area contributed by atoms with Gasteiger partial charge in [0.05, 0.1) is 31.5 Å². The van der Waals surface area contributed by atoms with Gasteiger partial charge in [0.25, 0.3) is 5.91 Å². The number of piperidine rings is 1. The lowest BCUT2D eigenvalue weighted by Gasteiger charge is -2.41. The summed E-state index contributed by atoms with van der Waals surface area (Å²) in [7, 11) is 1.68. The van der Waals surface area contributed by atoms with Gasteiger partial charge in [0.2, 0.25) is 0 Å². The number of hydrogen-bond donors (Lipinski definition) is 2. The van der Waals surface area contributed by atoms with E-state index in [4.69, 9.17) is 10.5 Å². The van der Waals surface area contributed by atoms with E-state index in [1.165, 1.54) is 24.6 Å². The number of benzene rings is 2. The van der Waals surface area contributed by atoms with Crippen molar-refractivity contribution < 1.29 is 27.5 Å². The van der Waals surface area contributed by atoms with Gasteiger partial charge >= 0.3 is 6.18 Å². The number of H-pyrrole nitrogens is 1. The molecule has 4 rings (SSSR count). The van der Waals surface area contributed by atoms with Crippen molar-refractivity contribution in [1.82, 2.24) is 9.88 Å². The van der Waals surface area contributed by atoms with Crippen molar-refractivity contribution in [1.29, 1.82) is 0 Å². The van der Waals surface area contributed by atoms with Gasteiger partial charge in [0.1, 0.15) is 11.4 Å². The highest BCUT2D eigenvalue weighted by Gasteiger charge is 2.39. The van der Waals surface area contributed by atoms with Crippen LogP contribution in [0.4, 0.5) is 13.2 Å². The fraction of sp³-hybridized carbons (Fsp3) is 0.382. The second kappa shape index (κ2) is 15.9. The summed E-state index contributed by atoms with van der Waals surface area (Å²) in [5.41, 5.74) is 8.14. The summed E-state index contributed by atoms with van der Waals surface area (Å²) < 4.78 is 43.4. The Labute approximate surface area is 258 Å². The molecule has 238 valence electrons. The van der Waals surface area contributed by atoms with Crippen LogP contribution in [0.5, 0.6) is 5.75 Å². The first-order valence-corrected chi connectivity index (χ1v) is 14.5. The van der Waals surface area contributed by atoms with Crippen LogP contribution >= 0.6 is 0 Å². The van der Waals surface area contributed by atoms with Gasteiger partial charge in [-0.1, -0.05) is 58.9 Å². The zero-order chi connectivity index (χ0) is 33.1. The minimum Gasteiger partial charge on any atom is -0.497 e. The monoisotopic (exact) mass is 612 g/mol. The molecule has 1 fully saturated rings. The molecular weight excluding hydrogens is 569 g/mol. The predicted molar refractivity (Wildman–Crippen MR) is 169 cm³/mol. The summed E-state index contributed by atoms with van der Waals surface area (Å²) in [6.07, 6.45) is -1.67. The number of hydrogen-bond acceptors (Lipinski definition) is 5. The van der Waals surface area contributed by atoms with Crippen LogP contribution in [0.15, 0.2) is 83.1 Å². The van der Waals surface area contributed by atoms with Crippen molar-refractivity contribution in [2.45, 2.75) is 60.7 Å². The molecule has 1 aromatic heterocycles. The number of carbonyl (C=O) groups is 2. The Morgan fingerprint density at radius 2 is 1.61 bits per heavy atom. The lowest BCUT2D eigenvalue weighted by Crippen LogP contribution is -2.51. The summed E-state index contributed by atoms with van der Waals surface area (Å²) in [5, 5.41) is 0. The van der Waals surface area contributed by atoms with Gasteiger partial charge in [0, 0.05) is 36.4 Å². The molecule has 1 aliphatic heterocycles. The quantitative estimate of drug-likeness (QED) is 0.287. The van der Waals surface area contributed by atoms with Gasteiger partial charge in [-0.3, -0.25) is 14.6 Å². The van der Waals surface area contributed by atoms with Crippen molar-refractivity contribution in [2.24, 2.45) is 16.1 Å². The molecule has 1 saturated heterocycles. The Kier molecular flexibility index (Phi) is 13.0. The lowest BCUT2D eigenvalue weighted by atomic mass is 9.78. The second-order valence-electron chi connectivity index (χ2n) is 10.6. The first kappa shape index (κ1) is 35.9. The third kappa shape index (κ3) is 9.59. The Morgan fingerprint density at radius 3 is 2.09 bits per heavy atom. The zero-order valence-corrected chi connectivity index (χ0v) is 26.5. The van der Waals surface area contributed by atoms with Gasteiger partial charge in [-0.15, -0.1) is 0 Å². The fourth-order valence-electron chi connectivity index (χ4n) is 4.62. The molecule has 44 heavy (non-hydrogen) atoms. The van der Waals surface area contributed by atoms with E-state index in [9.17, 15) is 22.8 Å². The average molecular weight is 613 g/mol. The van der Waals surface area contributed by atoms with E-state index in [0.717, 1.165) is 24.3 Å². The largest absolute Gasteiger partial charge is 0.497 e. The van der Waals surface area contributed by atoms with Gasteiger partial charge in [0.15, 0.2) is 5.78 Å². The van der Waals surface area contributed by atoms with Gasteiger partial charge in [-0.25, -0.2) is 0 Å². The zero-order valence-electron chi connectivity index (χ0n) is 26.5. The lowest BCUT2D eigenvalue weighted by molar-refractivity contribution is -0.137. The number of ether oxygens (including phenoxy) is 1. The number of allylic oxidation sites excluding steroid dienone is 1. The molecule has 2 heterocycles. The molecule has 0 bridgehead atoms. The van der Waals surface area contributed by atoms with Crippen molar-refractivity contribution in [3.63, 3.8) is 0 Å². The summed E-state index contributed by atoms with van der Waals surface area (Å²) in [6, 6.07) is 16.3. The van der Waals surface area contributed by atoms with Crippen molar-refractivity contribution in [3.05, 3.63) is 101 Å². The Morgan fingerprint density at radius 1 is 1.02 bits per heavy atom. The number of methoxy groups -OCH3 is 1. The predicted octanol–water partition coefficient (Wildman–Crippen LogP) is 7.24. The first-order valence-electron chi connectivity index (χ1n) is 14.5. The highest BCUT2D eigenvalue weighted by molar-refractivity contribution is 6.12. The van der Waals surface area contributed by atoms with Gasteiger partial charge < -0.3 is 20.4 Å². The molecule has 1 aliphatic rings. The Hall–Kier alpha value is -4.34. The Balaban J connectivity index is 0.000000473. The normalized spacial score (nSPS) is 16.2. The van der Waals surface area contributed by atoms with E-state index in [1.807, 2.05) is 39.8 Å². The first-order chi connectivity index (χ1) is 20.8. The van der Waals surface area contributed by atoms with Crippen LogP contribution in [0.3, 0.4) is 0 Å². The molecule has 0 aliphatic carbocycles. The number of carbonyl (C=O) groups excluding carboxylic acids is 2. The van der Waals surface area contributed by atoms with E-state index in [-0.39, 0.29) is 30.5 Å². The SMILES string of the molecule is CC.CC(=O)/C(N)=C1\CN(C(=O)c2ccc[nH]2)CC(C)(C)C1=NCc1ccc(C(F)(F)F)cc1.CCc1ccc(OC)cc1. The highest BCUT2D eigenvalue weighted by atomic mass is 19.4. The van der Waals surface area contributed by atoms with Crippen molar-refractivity contribution in [3.8, 4) is 5.75 Å². The molecule has 3 aromatic rings. The van der Waals surface area contributed by atoms with Crippen LogP contribution in [-0.4, -0.2) is 47.5 Å². The smallest absolute Gasteiger partial charge is 0.416 e. The maximum Gasteiger partial charge on any atom is 0.416 e. The molecule has 0 spiro atoms. The molecule has 1 amide bonds. The number of amides is 1. The van der Waals surface area contributed by atoms with E-state index in [0.29, 0.717) is 29.1 Å². The summed E-state index contributed by atoms with van der Waals surface area (Å²) in [5.74, 6) is 0.364. The number of aromatic nitrogens is 1. The number of nitrogens with one attached hydrogen (secondary N) is 1. The molecule has 2 aromatic carbocycles. The maximum absolute atomic E-state index is 12.9. The van der Waals surface area contributed by atoms with Crippen LogP contribution in [0.2, 0.25) is 0 Å². The van der Waals surface area contributed by atoms with Crippen LogP contribution in [0, 0.1) is 5.41 Å². The summed E-state index contributed by atoms with van der Waals surface area (Å²) in [6.45, 7) is 11.8. The molecule has 7 nitrogen and oxygen atoms in total.